The first kappa shape index (κ1) is 7.98. The fourth-order valence-corrected chi connectivity index (χ4v) is 2.13. The molecule has 7 heteroatoms. The Bertz CT molecular complexity index is 862. The van der Waals surface area contributed by atoms with E-state index >= 15 is 0 Å². The van der Waals surface area contributed by atoms with Crippen LogP contribution in [0, 0.1) is 5.82 Å². The number of nitrogens with two attached hydrogens (primary N) is 1. The summed E-state index contributed by atoms with van der Waals surface area (Å²) in [4.78, 5) is 36.7. The van der Waals surface area contributed by atoms with Crippen LogP contribution in [0.15, 0.2) is 12.1 Å². The van der Waals surface area contributed by atoms with Gasteiger partial charge in [-0.1, -0.05) is 0 Å². The number of rotatable bonds is 1. The highest BCUT2D eigenvalue weighted by Gasteiger charge is 2.39. The number of imide groups is 1. The summed E-state index contributed by atoms with van der Waals surface area (Å²) in [7, 11) is 0. The average Bonchev–Trinajstić information content (AvgIpc) is 2.86. The number of piperidine rings is 1. The topological polar surface area (TPSA) is 92.5 Å². The number of nitrogens with one attached hydrogen (secondary N) is 1. The van der Waals surface area contributed by atoms with Gasteiger partial charge in [-0.25, -0.2) is 4.39 Å². The number of benzene rings is 1. The Morgan fingerprint density at radius 1 is 1.50 bits per heavy atom. The highest BCUT2D eigenvalue weighted by molar-refractivity contribution is 6.06. The van der Waals surface area contributed by atoms with E-state index < -0.39 is 72.2 Å². The Hall–Kier alpha value is -2.44. The van der Waals surface area contributed by atoms with Gasteiger partial charge < -0.3 is 10.6 Å². The van der Waals surface area contributed by atoms with Gasteiger partial charge in [-0.15, -0.1) is 0 Å². The molecule has 20 heavy (non-hydrogen) atoms. The largest absolute Gasteiger partial charge is 0.398 e. The molecule has 3 N–H and O–H groups in total. The smallest absolute Gasteiger partial charge is 0.255 e. The first-order chi connectivity index (χ1) is 11.4. The molecule has 1 saturated heterocycles. The van der Waals surface area contributed by atoms with Crippen LogP contribution in [-0.4, -0.2) is 28.6 Å². The maximum absolute atomic E-state index is 13.9. The second-order valence-electron chi connectivity index (χ2n) is 4.30. The average molecular weight is 282 g/mol. The Morgan fingerprint density at radius 2 is 2.25 bits per heavy atom. The normalized spacial score (nSPS) is 31.8. The molecule has 0 radical (unpaired) electrons. The molecular weight excluding hydrogens is 265 g/mol. The van der Waals surface area contributed by atoms with E-state index in [1.165, 1.54) is 0 Å². The predicted octanol–water partition coefficient (Wildman–Crippen LogP) is 0.169. The van der Waals surface area contributed by atoms with Gasteiger partial charge in [-0.05, 0) is 18.5 Å². The van der Waals surface area contributed by atoms with E-state index in [9.17, 15) is 18.8 Å². The molecule has 2 aliphatic rings. The number of carbonyl (C=O) groups excluding carboxylic acids is 3. The van der Waals surface area contributed by atoms with Crippen molar-refractivity contribution in [3.05, 3.63) is 29.0 Å². The summed E-state index contributed by atoms with van der Waals surface area (Å²) in [5.41, 5.74) is 4.57. The zero-order valence-corrected chi connectivity index (χ0v) is 10.0. The molecule has 1 unspecified atom stereocenters. The maximum atomic E-state index is 13.9. The summed E-state index contributed by atoms with van der Waals surface area (Å²) in [5.74, 6) is -4.72. The van der Waals surface area contributed by atoms with Crippen LogP contribution >= 0.6 is 0 Å². The van der Waals surface area contributed by atoms with Crippen molar-refractivity contribution in [2.45, 2.75) is 25.4 Å². The van der Waals surface area contributed by atoms with Crippen LogP contribution in [0.25, 0.3) is 0 Å². The van der Waals surface area contributed by atoms with Crippen molar-refractivity contribution in [3.63, 3.8) is 0 Å². The van der Waals surface area contributed by atoms with Crippen LogP contribution in [0.5, 0.6) is 0 Å². The molecule has 1 aromatic rings. The monoisotopic (exact) mass is 282 g/mol. The van der Waals surface area contributed by atoms with Gasteiger partial charge in [0.05, 0.1) is 4.11 Å². The number of hydrogen-bond donors (Lipinski definition) is 2. The van der Waals surface area contributed by atoms with Gasteiger partial charge in [0.15, 0.2) is 0 Å². The van der Waals surface area contributed by atoms with E-state index in [4.69, 9.17) is 12.6 Å². The minimum Gasteiger partial charge on any atom is -0.398 e. The molecule has 1 aromatic carbocycles. The Morgan fingerprint density at radius 3 is 2.95 bits per heavy atom. The molecule has 0 bridgehead atoms. The molecule has 2 heterocycles. The minimum atomic E-state index is -2.81. The molecule has 2 aliphatic heterocycles. The fraction of sp³-hybridized carbons (Fsp3) is 0.308. The van der Waals surface area contributed by atoms with Crippen LogP contribution in [0.2, 0.25) is 0 Å². The summed E-state index contributed by atoms with van der Waals surface area (Å²) in [6, 6.07) is -4.50. The van der Waals surface area contributed by atoms with Crippen molar-refractivity contribution in [2.75, 3.05) is 5.73 Å². The summed E-state index contributed by atoms with van der Waals surface area (Å²) in [5, 5.41) is 1.81. The van der Waals surface area contributed by atoms with Crippen LogP contribution in [-0.2, 0) is 16.1 Å². The van der Waals surface area contributed by atoms with Crippen LogP contribution < -0.4 is 11.1 Å². The van der Waals surface area contributed by atoms with Crippen molar-refractivity contribution in [2.24, 2.45) is 0 Å². The van der Waals surface area contributed by atoms with Crippen LogP contribution in [0.4, 0.5) is 10.1 Å². The molecule has 0 saturated carbocycles. The van der Waals surface area contributed by atoms with Gasteiger partial charge in [-0.2, -0.15) is 0 Å². The lowest BCUT2D eigenvalue weighted by molar-refractivity contribution is -0.136. The lowest BCUT2D eigenvalue weighted by Crippen LogP contribution is -2.52. The highest BCUT2D eigenvalue weighted by Crippen LogP contribution is 2.31. The summed E-state index contributed by atoms with van der Waals surface area (Å²) in [6.45, 7) is -0.553. The van der Waals surface area contributed by atoms with E-state index in [0.29, 0.717) is 4.90 Å². The lowest BCUT2D eigenvalue weighted by Gasteiger charge is -2.29. The van der Waals surface area contributed by atoms with Crippen molar-refractivity contribution in [3.8, 4) is 0 Å². The molecule has 104 valence electrons. The molecule has 0 aromatic heterocycles. The van der Waals surface area contributed by atoms with Crippen molar-refractivity contribution < 1.29 is 25.6 Å². The highest BCUT2D eigenvalue weighted by atomic mass is 19.1. The number of hydrogen-bond acceptors (Lipinski definition) is 4. The number of fused-ring (bicyclic) bond motifs is 1. The first-order valence-electron chi connectivity index (χ1n) is 8.16. The summed E-state index contributed by atoms with van der Waals surface area (Å²) in [6.07, 6.45) is -3.55. The van der Waals surface area contributed by atoms with E-state index in [0.717, 1.165) is 0 Å². The summed E-state index contributed by atoms with van der Waals surface area (Å²) < 4.78 is 53.2. The zero-order valence-electron chi connectivity index (χ0n) is 15.0. The lowest BCUT2D eigenvalue weighted by atomic mass is 10.0. The van der Waals surface area contributed by atoms with Gasteiger partial charge >= 0.3 is 0 Å². The van der Waals surface area contributed by atoms with Gasteiger partial charge in [0.25, 0.3) is 5.91 Å². The predicted molar refractivity (Wildman–Crippen MR) is 66.9 cm³/mol. The van der Waals surface area contributed by atoms with Gasteiger partial charge in [0.2, 0.25) is 11.8 Å². The van der Waals surface area contributed by atoms with Gasteiger partial charge in [0.1, 0.15) is 11.8 Å². The maximum Gasteiger partial charge on any atom is 0.255 e. The van der Waals surface area contributed by atoms with Crippen LogP contribution in [0.3, 0.4) is 0 Å². The molecule has 0 spiro atoms. The molecule has 1 atom stereocenters. The van der Waals surface area contributed by atoms with Crippen LogP contribution in [0.1, 0.15) is 35.6 Å². The number of amides is 3. The molecule has 3 amide bonds. The van der Waals surface area contributed by atoms with Crippen molar-refractivity contribution in [1.82, 2.24) is 10.2 Å². The third kappa shape index (κ3) is 1.82. The minimum absolute atomic E-state index is 0.117. The SMILES string of the molecule is [2H]c1c(N)c2c(c([2H])c1F)C(=O)N(C1([2H])C(=O)NC(=O)CC1([2H])[2H])C2. The molecule has 6 nitrogen and oxygen atoms in total. The van der Waals surface area contributed by atoms with E-state index in [2.05, 4.69) is 0 Å². The Kier molecular flexibility index (Phi) is 1.71. The number of halogens is 1. The second kappa shape index (κ2) is 4.29. The van der Waals surface area contributed by atoms with E-state index in [1.54, 1.807) is 0 Å². The number of nitrogens with zero attached hydrogens (tertiary/aromatic N) is 1. The van der Waals surface area contributed by atoms with Crippen molar-refractivity contribution >= 4 is 23.4 Å². The standard InChI is InChI=1S/C13H12FN3O3/c14-6-3-7-8(9(15)4-6)5-17(13(7)20)10-1-2-11(18)16-12(10)19/h3-4,10H,1-2,5,15H2,(H,16,18,19)/i1D2,3D,4D,10D. The fourth-order valence-electron chi connectivity index (χ4n) is 2.13. The van der Waals surface area contributed by atoms with E-state index in [-0.39, 0.29) is 5.56 Å². The Labute approximate surface area is 120 Å². The number of anilines is 1. The third-order valence-electron chi connectivity index (χ3n) is 3.04. The molecule has 3 rings (SSSR count). The van der Waals surface area contributed by atoms with E-state index in [1.807, 2.05) is 5.32 Å². The third-order valence-corrected chi connectivity index (χ3v) is 3.04. The second-order valence-corrected chi connectivity index (χ2v) is 4.30. The first-order valence-corrected chi connectivity index (χ1v) is 5.66. The Balaban J connectivity index is 2.17. The van der Waals surface area contributed by atoms with Gasteiger partial charge in [-0.3, -0.25) is 19.7 Å². The molecule has 0 aliphatic carbocycles. The molecule has 1 fully saturated rings. The number of carbonyl (C=O) groups is 3. The van der Waals surface area contributed by atoms with Crippen molar-refractivity contribution in [1.29, 1.82) is 0 Å². The molecular formula is C13H12FN3O3. The van der Waals surface area contributed by atoms with Gasteiger partial charge in [0, 0.05) is 32.5 Å². The number of nitrogen functional groups attached to an aromatic ring is 1. The summed E-state index contributed by atoms with van der Waals surface area (Å²) >= 11 is 0. The quantitative estimate of drug-likeness (QED) is 0.567. The zero-order chi connectivity index (χ0) is 18.9.